The van der Waals surface area contributed by atoms with Crippen LogP contribution >= 0.6 is 0 Å². The van der Waals surface area contributed by atoms with E-state index in [9.17, 15) is 18.0 Å². The van der Waals surface area contributed by atoms with Gasteiger partial charge in [-0.05, 0) is 42.9 Å². The average molecular weight is 535 g/mol. The molecule has 1 aliphatic carbocycles. The average Bonchev–Trinajstić information content (AvgIpc) is 3.57. The van der Waals surface area contributed by atoms with Crippen molar-refractivity contribution < 1.29 is 27.4 Å². The maximum atomic E-state index is 14.3. The number of fused-ring (bicyclic) bond motifs is 1. The molecule has 38 heavy (non-hydrogen) atoms. The third-order valence-electron chi connectivity index (χ3n) is 8.83. The highest BCUT2D eigenvalue weighted by atomic mass is 19.4. The quantitative estimate of drug-likeness (QED) is 0.543. The topological polar surface area (TPSA) is 59.8 Å². The fourth-order valence-corrected chi connectivity index (χ4v) is 6.79. The van der Waals surface area contributed by atoms with Crippen LogP contribution in [0.25, 0.3) is 0 Å². The van der Waals surface area contributed by atoms with Crippen molar-refractivity contribution >= 4 is 5.91 Å². The predicted octanol–water partition coefficient (Wildman–Crippen LogP) is 4.58. The minimum atomic E-state index is -4.58. The molecular formula is C28H37F3N4O3. The van der Waals surface area contributed by atoms with E-state index in [4.69, 9.17) is 9.47 Å². The van der Waals surface area contributed by atoms with Crippen LogP contribution in [0.15, 0.2) is 18.2 Å². The number of benzene rings is 1. The molecule has 4 atom stereocenters. The molecule has 0 spiro atoms. The third-order valence-corrected chi connectivity index (χ3v) is 8.83. The summed E-state index contributed by atoms with van der Waals surface area (Å²) in [6.07, 6.45) is -2.69. The first-order valence-electron chi connectivity index (χ1n) is 13.6. The smallest absolute Gasteiger partial charge is 0.433 e. The number of halogens is 3. The van der Waals surface area contributed by atoms with Crippen molar-refractivity contribution in [1.29, 1.82) is 0 Å². The van der Waals surface area contributed by atoms with Crippen LogP contribution < -0.4 is 4.74 Å². The molecule has 208 valence electrons. The maximum Gasteiger partial charge on any atom is 0.433 e. The summed E-state index contributed by atoms with van der Waals surface area (Å²) in [6.45, 7) is 8.71. The minimum absolute atomic E-state index is 0.0451. The van der Waals surface area contributed by atoms with Crippen molar-refractivity contribution in [3.8, 4) is 5.75 Å². The Labute approximate surface area is 221 Å². The molecule has 2 aromatic rings. The lowest BCUT2D eigenvalue weighted by Crippen LogP contribution is -2.47. The van der Waals surface area contributed by atoms with Gasteiger partial charge in [0.05, 0.1) is 32.1 Å². The largest absolute Gasteiger partial charge is 0.496 e. The fourth-order valence-electron chi connectivity index (χ4n) is 6.79. The van der Waals surface area contributed by atoms with Gasteiger partial charge in [-0.25, -0.2) is 0 Å². The summed E-state index contributed by atoms with van der Waals surface area (Å²) >= 11 is 0. The van der Waals surface area contributed by atoms with Gasteiger partial charge >= 0.3 is 6.18 Å². The third kappa shape index (κ3) is 4.70. The van der Waals surface area contributed by atoms with Gasteiger partial charge in [0.15, 0.2) is 0 Å². The Morgan fingerprint density at radius 3 is 2.61 bits per heavy atom. The summed E-state index contributed by atoms with van der Waals surface area (Å²) in [7, 11) is 1.61. The molecule has 0 radical (unpaired) electrons. The zero-order valence-corrected chi connectivity index (χ0v) is 22.6. The molecule has 3 aliphatic rings. The number of alkyl halides is 3. The molecule has 0 unspecified atom stereocenters. The van der Waals surface area contributed by atoms with Crippen molar-refractivity contribution in [2.24, 2.45) is 5.92 Å². The monoisotopic (exact) mass is 534 g/mol. The van der Waals surface area contributed by atoms with Crippen LogP contribution in [0.1, 0.15) is 66.7 Å². The molecule has 1 amide bonds. The first kappa shape index (κ1) is 27.0. The molecule has 7 nitrogen and oxygen atoms in total. The molecular weight excluding hydrogens is 497 g/mol. The van der Waals surface area contributed by atoms with E-state index in [1.54, 1.807) is 12.0 Å². The van der Waals surface area contributed by atoms with E-state index in [1.165, 1.54) is 0 Å². The molecule has 1 aromatic carbocycles. The SMILES string of the molecule is CC[C@H]1Cc2c(nn(CC(=O)N3CC[C@H](N4CCOCC4)[C@@H]3c3cccc(OC)c3C)c2C(F)(F)F)[C@@H]1C. The molecule has 3 heterocycles. The first-order chi connectivity index (χ1) is 18.2. The molecule has 2 saturated heterocycles. The fraction of sp³-hybridized carbons (Fsp3) is 0.643. The summed E-state index contributed by atoms with van der Waals surface area (Å²) in [4.78, 5) is 17.9. The van der Waals surface area contributed by atoms with Gasteiger partial charge in [-0.1, -0.05) is 32.4 Å². The highest BCUT2D eigenvalue weighted by molar-refractivity contribution is 5.77. The molecule has 2 aliphatic heterocycles. The summed E-state index contributed by atoms with van der Waals surface area (Å²) in [6, 6.07) is 5.54. The van der Waals surface area contributed by atoms with Crippen LogP contribution in [0.5, 0.6) is 5.75 Å². The van der Waals surface area contributed by atoms with Crippen LogP contribution in [0.4, 0.5) is 13.2 Å². The van der Waals surface area contributed by atoms with E-state index in [2.05, 4.69) is 10.00 Å². The lowest BCUT2D eigenvalue weighted by Gasteiger charge is -2.38. The van der Waals surface area contributed by atoms with Crippen LogP contribution in [0.2, 0.25) is 0 Å². The van der Waals surface area contributed by atoms with Crippen LogP contribution in [0.3, 0.4) is 0 Å². The number of amides is 1. The van der Waals surface area contributed by atoms with Gasteiger partial charge in [0.25, 0.3) is 0 Å². The first-order valence-corrected chi connectivity index (χ1v) is 13.6. The second-order valence-electron chi connectivity index (χ2n) is 10.7. The number of ether oxygens (including phenoxy) is 2. The Morgan fingerprint density at radius 2 is 1.95 bits per heavy atom. The van der Waals surface area contributed by atoms with Crippen LogP contribution in [-0.4, -0.2) is 71.5 Å². The van der Waals surface area contributed by atoms with E-state index in [-0.39, 0.29) is 35.4 Å². The summed E-state index contributed by atoms with van der Waals surface area (Å²) in [5.41, 5.74) is 1.89. The lowest BCUT2D eigenvalue weighted by atomic mass is 9.94. The normalized spacial score (nSPS) is 26.1. The van der Waals surface area contributed by atoms with Gasteiger partial charge < -0.3 is 14.4 Å². The van der Waals surface area contributed by atoms with Gasteiger partial charge in [0, 0.05) is 37.2 Å². The number of carbonyl (C=O) groups excluding carboxylic acids is 1. The second kappa shape index (κ2) is 10.5. The molecule has 0 N–H and O–H groups in total. The molecule has 2 fully saturated rings. The number of likely N-dealkylation sites (tertiary alicyclic amines) is 1. The van der Waals surface area contributed by atoms with E-state index in [0.29, 0.717) is 31.9 Å². The van der Waals surface area contributed by atoms with Crippen molar-refractivity contribution in [2.75, 3.05) is 40.0 Å². The van der Waals surface area contributed by atoms with Gasteiger partial charge in [-0.2, -0.15) is 18.3 Å². The van der Waals surface area contributed by atoms with Gasteiger partial charge in [-0.3, -0.25) is 14.4 Å². The van der Waals surface area contributed by atoms with Crippen molar-refractivity contribution in [3.63, 3.8) is 0 Å². The molecule has 0 bridgehead atoms. The number of aromatic nitrogens is 2. The molecule has 0 saturated carbocycles. The standard InChI is InChI=1S/C28H37F3N4O3/c1-5-19-15-21-25(17(19)2)32-35(27(21)28(29,30)31)16-24(36)34-10-9-22(33-11-13-38-14-12-33)26(34)20-7-6-8-23(37-4)18(20)3/h6-8,17,19,22,26H,5,9-16H2,1-4H3/t17-,19+,22+,26+/m1/s1. The molecule has 10 heteroatoms. The van der Waals surface area contributed by atoms with Crippen molar-refractivity contribution in [3.05, 3.63) is 46.3 Å². The van der Waals surface area contributed by atoms with E-state index in [1.807, 2.05) is 39.0 Å². The van der Waals surface area contributed by atoms with E-state index >= 15 is 0 Å². The number of carbonyl (C=O) groups is 1. The van der Waals surface area contributed by atoms with E-state index < -0.39 is 18.4 Å². The number of rotatable bonds is 6. The zero-order chi connectivity index (χ0) is 27.2. The highest BCUT2D eigenvalue weighted by Gasteiger charge is 2.46. The van der Waals surface area contributed by atoms with E-state index in [0.717, 1.165) is 47.5 Å². The van der Waals surface area contributed by atoms with Gasteiger partial charge in [-0.15, -0.1) is 0 Å². The number of hydrogen-bond donors (Lipinski definition) is 0. The van der Waals surface area contributed by atoms with Crippen LogP contribution in [-0.2, 0) is 28.7 Å². The van der Waals surface area contributed by atoms with Crippen molar-refractivity contribution in [1.82, 2.24) is 19.6 Å². The van der Waals surface area contributed by atoms with Crippen molar-refractivity contribution in [2.45, 2.75) is 70.8 Å². The highest BCUT2D eigenvalue weighted by Crippen LogP contribution is 2.45. The Kier molecular flexibility index (Phi) is 7.48. The Balaban J connectivity index is 1.49. The Bertz CT molecular complexity index is 1170. The number of nitrogens with zero attached hydrogens (tertiary/aromatic N) is 4. The zero-order valence-electron chi connectivity index (χ0n) is 22.6. The summed E-state index contributed by atoms with van der Waals surface area (Å²) in [5, 5.41) is 4.40. The summed E-state index contributed by atoms with van der Waals surface area (Å²) < 4.78 is 54.9. The van der Waals surface area contributed by atoms with Gasteiger partial charge in [0.1, 0.15) is 18.0 Å². The number of methoxy groups -OCH3 is 1. The maximum absolute atomic E-state index is 14.3. The number of morpholine rings is 1. The second-order valence-corrected chi connectivity index (χ2v) is 10.7. The van der Waals surface area contributed by atoms with Crippen LogP contribution in [0, 0.1) is 12.8 Å². The Morgan fingerprint density at radius 1 is 1.21 bits per heavy atom. The van der Waals surface area contributed by atoms with Gasteiger partial charge in [0.2, 0.25) is 5.91 Å². The Hall–Kier alpha value is -2.59. The summed E-state index contributed by atoms with van der Waals surface area (Å²) in [5.74, 6) is 0.466. The minimum Gasteiger partial charge on any atom is -0.496 e. The molecule has 1 aromatic heterocycles. The predicted molar refractivity (Wildman–Crippen MR) is 136 cm³/mol. The molecule has 5 rings (SSSR count). The lowest BCUT2D eigenvalue weighted by molar-refractivity contribution is -0.146. The number of hydrogen-bond acceptors (Lipinski definition) is 5.